The van der Waals surface area contributed by atoms with Crippen molar-refractivity contribution in [3.8, 4) is 0 Å². The first-order valence-corrected chi connectivity index (χ1v) is 6.26. The first-order valence-electron chi connectivity index (χ1n) is 6.26. The summed E-state index contributed by atoms with van der Waals surface area (Å²) in [6.07, 6.45) is -4.70. The lowest BCUT2D eigenvalue weighted by atomic mass is 10.1. The van der Waals surface area contributed by atoms with Crippen LogP contribution in [0.1, 0.15) is 15.9 Å². The molecule has 0 saturated carbocycles. The quantitative estimate of drug-likeness (QED) is 0.667. The number of hydrogen-bond donors (Lipinski definition) is 2. The lowest BCUT2D eigenvalue weighted by Crippen LogP contribution is -2.29. The van der Waals surface area contributed by atoms with Crippen LogP contribution < -0.4 is 10.9 Å². The summed E-state index contributed by atoms with van der Waals surface area (Å²) >= 11 is 0. The standard InChI is InChI=1S/C14H10F3N3O3/c15-14(16,17)10-6-7-11(12(8-10)20(22)23)18-19-13(21)9-4-2-1-3-5-9/h1-8,18H,(H,19,21). The van der Waals surface area contributed by atoms with E-state index in [1.807, 2.05) is 0 Å². The fraction of sp³-hybridized carbons (Fsp3) is 0.0714. The average Bonchev–Trinajstić information content (AvgIpc) is 2.52. The predicted molar refractivity (Wildman–Crippen MR) is 75.6 cm³/mol. The lowest BCUT2D eigenvalue weighted by Gasteiger charge is -2.11. The lowest BCUT2D eigenvalue weighted by molar-refractivity contribution is -0.384. The zero-order valence-corrected chi connectivity index (χ0v) is 11.4. The third kappa shape index (κ3) is 3.96. The van der Waals surface area contributed by atoms with E-state index in [4.69, 9.17) is 0 Å². The van der Waals surface area contributed by atoms with Crippen molar-refractivity contribution in [3.63, 3.8) is 0 Å². The molecule has 0 aromatic heterocycles. The van der Waals surface area contributed by atoms with Crippen LogP contribution in [-0.4, -0.2) is 10.8 Å². The Kier molecular flexibility index (Phi) is 4.49. The summed E-state index contributed by atoms with van der Waals surface area (Å²) in [5.74, 6) is -0.584. The van der Waals surface area contributed by atoms with Crippen LogP contribution in [0.3, 0.4) is 0 Å². The number of anilines is 1. The summed E-state index contributed by atoms with van der Waals surface area (Å²) in [6, 6.07) is 9.93. The van der Waals surface area contributed by atoms with E-state index in [2.05, 4.69) is 10.9 Å². The van der Waals surface area contributed by atoms with E-state index in [0.29, 0.717) is 12.1 Å². The Labute approximate surface area is 128 Å². The van der Waals surface area contributed by atoms with Gasteiger partial charge < -0.3 is 0 Å². The molecular weight excluding hydrogens is 315 g/mol. The number of hydrogen-bond acceptors (Lipinski definition) is 4. The zero-order chi connectivity index (χ0) is 17.0. The molecule has 2 N–H and O–H groups in total. The van der Waals surface area contributed by atoms with Crippen molar-refractivity contribution in [2.45, 2.75) is 6.18 Å². The molecule has 0 aliphatic rings. The maximum absolute atomic E-state index is 12.6. The van der Waals surface area contributed by atoms with Gasteiger partial charge in [0.15, 0.2) is 0 Å². The minimum absolute atomic E-state index is 0.257. The number of benzene rings is 2. The van der Waals surface area contributed by atoms with Gasteiger partial charge in [0.1, 0.15) is 5.69 Å². The summed E-state index contributed by atoms with van der Waals surface area (Å²) in [7, 11) is 0. The smallest absolute Gasteiger partial charge is 0.292 e. The van der Waals surface area contributed by atoms with Crippen molar-refractivity contribution in [1.29, 1.82) is 0 Å². The van der Waals surface area contributed by atoms with Gasteiger partial charge in [0.05, 0.1) is 10.5 Å². The van der Waals surface area contributed by atoms with Gasteiger partial charge in [-0.25, -0.2) is 0 Å². The highest BCUT2D eigenvalue weighted by Crippen LogP contribution is 2.34. The maximum Gasteiger partial charge on any atom is 0.416 e. The minimum Gasteiger partial charge on any atom is -0.292 e. The molecule has 0 radical (unpaired) electrons. The van der Waals surface area contributed by atoms with Crippen LogP contribution in [0.15, 0.2) is 48.5 Å². The Morgan fingerprint density at radius 1 is 1.09 bits per heavy atom. The number of halogens is 3. The number of nitrogens with one attached hydrogen (secondary N) is 2. The number of carbonyl (C=O) groups is 1. The number of nitro groups is 1. The van der Waals surface area contributed by atoms with Crippen molar-refractivity contribution in [1.82, 2.24) is 5.43 Å². The van der Waals surface area contributed by atoms with Crippen molar-refractivity contribution in [3.05, 3.63) is 69.8 Å². The SMILES string of the molecule is O=C(NNc1ccc(C(F)(F)F)cc1[N+](=O)[O-])c1ccccc1. The molecule has 1 amide bonds. The first-order chi connectivity index (χ1) is 10.8. The van der Waals surface area contributed by atoms with Gasteiger partial charge >= 0.3 is 6.18 Å². The van der Waals surface area contributed by atoms with Crippen LogP contribution in [0.5, 0.6) is 0 Å². The number of carbonyl (C=O) groups excluding carboxylic acids is 1. The summed E-state index contributed by atoms with van der Waals surface area (Å²) in [5.41, 5.74) is 2.54. The van der Waals surface area contributed by atoms with E-state index in [0.717, 1.165) is 6.07 Å². The van der Waals surface area contributed by atoms with Gasteiger partial charge in [0.25, 0.3) is 11.6 Å². The van der Waals surface area contributed by atoms with Gasteiger partial charge in [0.2, 0.25) is 0 Å². The maximum atomic E-state index is 12.6. The van der Waals surface area contributed by atoms with Crippen molar-refractivity contribution in [2.75, 3.05) is 5.43 Å². The fourth-order valence-electron chi connectivity index (χ4n) is 1.75. The second kappa shape index (κ2) is 6.34. The summed E-state index contributed by atoms with van der Waals surface area (Å²) in [5, 5.41) is 10.9. The molecule has 2 rings (SSSR count). The third-order valence-corrected chi connectivity index (χ3v) is 2.87. The Bertz CT molecular complexity index is 733. The molecule has 0 bridgehead atoms. The normalized spacial score (nSPS) is 10.9. The van der Waals surface area contributed by atoms with E-state index in [-0.39, 0.29) is 11.3 Å². The molecule has 2 aromatic rings. The molecule has 6 nitrogen and oxygen atoms in total. The van der Waals surface area contributed by atoms with E-state index in [9.17, 15) is 28.1 Å². The Hall–Kier alpha value is -3.10. The molecule has 0 aliphatic carbocycles. The highest BCUT2D eigenvalue weighted by Gasteiger charge is 2.33. The van der Waals surface area contributed by atoms with Crippen LogP contribution in [0.25, 0.3) is 0 Å². The van der Waals surface area contributed by atoms with E-state index in [1.54, 1.807) is 18.2 Å². The number of nitro benzene ring substituents is 1. The van der Waals surface area contributed by atoms with Gasteiger partial charge in [0, 0.05) is 11.6 Å². The summed E-state index contributed by atoms with van der Waals surface area (Å²) in [4.78, 5) is 21.7. The van der Waals surface area contributed by atoms with Crippen molar-refractivity contribution in [2.24, 2.45) is 0 Å². The zero-order valence-electron chi connectivity index (χ0n) is 11.4. The van der Waals surface area contributed by atoms with Crippen LogP contribution in [0, 0.1) is 10.1 Å². The monoisotopic (exact) mass is 325 g/mol. The minimum atomic E-state index is -4.70. The molecule has 0 heterocycles. The predicted octanol–water partition coefficient (Wildman–Crippen LogP) is 3.37. The molecule has 23 heavy (non-hydrogen) atoms. The molecule has 120 valence electrons. The Morgan fingerprint density at radius 3 is 2.30 bits per heavy atom. The van der Waals surface area contributed by atoms with Gasteiger partial charge in [-0.15, -0.1) is 0 Å². The Balaban J connectivity index is 2.20. The van der Waals surface area contributed by atoms with E-state index >= 15 is 0 Å². The molecule has 0 fully saturated rings. The number of alkyl halides is 3. The molecule has 2 aromatic carbocycles. The second-order valence-electron chi connectivity index (χ2n) is 4.43. The topological polar surface area (TPSA) is 84.3 Å². The van der Waals surface area contributed by atoms with Crippen LogP contribution in [0.2, 0.25) is 0 Å². The average molecular weight is 325 g/mol. The van der Waals surface area contributed by atoms with Crippen LogP contribution >= 0.6 is 0 Å². The number of rotatable bonds is 4. The summed E-state index contributed by atoms with van der Waals surface area (Å²) in [6.45, 7) is 0. The molecular formula is C14H10F3N3O3. The summed E-state index contributed by atoms with van der Waals surface area (Å²) < 4.78 is 37.8. The highest BCUT2D eigenvalue weighted by atomic mass is 19.4. The number of hydrazine groups is 1. The molecule has 0 aliphatic heterocycles. The van der Waals surface area contributed by atoms with Gasteiger partial charge in [-0.1, -0.05) is 18.2 Å². The molecule has 0 unspecified atom stereocenters. The number of nitrogens with zero attached hydrogens (tertiary/aromatic N) is 1. The van der Waals surface area contributed by atoms with Gasteiger partial charge in [-0.3, -0.25) is 25.8 Å². The molecule has 0 saturated heterocycles. The molecule has 0 atom stereocenters. The van der Waals surface area contributed by atoms with Crippen LogP contribution in [0.4, 0.5) is 24.5 Å². The second-order valence-corrected chi connectivity index (χ2v) is 4.43. The van der Waals surface area contributed by atoms with Gasteiger partial charge in [-0.2, -0.15) is 13.2 Å². The molecule has 9 heteroatoms. The van der Waals surface area contributed by atoms with E-state index in [1.165, 1.54) is 12.1 Å². The van der Waals surface area contributed by atoms with E-state index < -0.39 is 28.3 Å². The van der Waals surface area contributed by atoms with Crippen molar-refractivity contribution < 1.29 is 22.9 Å². The van der Waals surface area contributed by atoms with Crippen molar-refractivity contribution >= 4 is 17.3 Å². The van der Waals surface area contributed by atoms with Gasteiger partial charge in [-0.05, 0) is 24.3 Å². The molecule has 0 spiro atoms. The fourth-order valence-corrected chi connectivity index (χ4v) is 1.75. The first kappa shape index (κ1) is 16.3. The number of amides is 1. The highest BCUT2D eigenvalue weighted by molar-refractivity contribution is 5.95. The van der Waals surface area contributed by atoms with Crippen LogP contribution in [-0.2, 0) is 6.18 Å². The third-order valence-electron chi connectivity index (χ3n) is 2.87. The Morgan fingerprint density at radius 2 is 1.74 bits per heavy atom. The largest absolute Gasteiger partial charge is 0.416 e.